The predicted molar refractivity (Wildman–Crippen MR) is 137 cm³/mol. The molecule has 0 spiro atoms. The molecule has 174 valence electrons. The van der Waals surface area contributed by atoms with Crippen LogP contribution in [0.3, 0.4) is 0 Å². The molecule has 1 heterocycles. The van der Waals surface area contributed by atoms with Gasteiger partial charge in [-0.05, 0) is 49.7 Å². The van der Waals surface area contributed by atoms with Gasteiger partial charge in [-0.25, -0.2) is 0 Å². The summed E-state index contributed by atoms with van der Waals surface area (Å²) in [5.41, 5.74) is 2.38. The molecule has 2 aliphatic rings. The van der Waals surface area contributed by atoms with Gasteiger partial charge in [0.05, 0.1) is 6.10 Å². The third kappa shape index (κ3) is 8.25. The minimum atomic E-state index is 0. The largest absolute Gasteiger partial charge is 0.378 e. The van der Waals surface area contributed by atoms with E-state index in [9.17, 15) is 4.79 Å². The second kappa shape index (κ2) is 13.9. The van der Waals surface area contributed by atoms with Gasteiger partial charge in [0.15, 0.2) is 5.96 Å². The van der Waals surface area contributed by atoms with Gasteiger partial charge >= 0.3 is 0 Å². The summed E-state index contributed by atoms with van der Waals surface area (Å²) in [5.74, 6) is 1.80. The Morgan fingerprint density at radius 1 is 1.23 bits per heavy atom. The van der Waals surface area contributed by atoms with Crippen molar-refractivity contribution in [1.29, 1.82) is 0 Å². The molecule has 2 fully saturated rings. The highest BCUT2D eigenvalue weighted by molar-refractivity contribution is 14.0. The molecule has 31 heavy (non-hydrogen) atoms. The van der Waals surface area contributed by atoms with Crippen LogP contribution in [0, 0.1) is 5.92 Å². The van der Waals surface area contributed by atoms with Crippen LogP contribution in [0.2, 0.25) is 0 Å². The molecular formula is C24H39IN4O2. The lowest BCUT2D eigenvalue weighted by molar-refractivity contribution is -0.128. The number of guanidine groups is 1. The van der Waals surface area contributed by atoms with E-state index >= 15 is 0 Å². The Kier molecular flexibility index (Phi) is 11.6. The van der Waals surface area contributed by atoms with Gasteiger partial charge in [-0.1, -0.05) is 37.1 Å². The fraction of sp³-hybridized carbons (Fsp3) is 0.667. The van der Waals surface area contributed by atoms with E-state index in [1.807, 2.05) is 11.9 Å². The molecule has 2 N–H and O–H groups in total. The fourth-order valence-corrected chi connectivity index (χ4v) is 4.67. The van der Waals surface area contributed by atoms with Crippen LogP contribution in [0.25, 0.3) is 0 Å². The molecule has 0 bridgehead atoms. The monoisotopic (exact) mass is 542 g/mol. The molecule has 1 amide bonds. The Labute approximate surface area is 204 Å². The van der Waals surface area contributed by atoms with Crippen molar-refractivity contribution >= 4 is 35.8 Å². The third-order valence-corrected chi connectivity index (χ3v) is 6.25. The summed E-state index contributed by atoms with van der Waals surface area (Å²) in [6.07, 6.45) is 8.33. The molecule has 1 unspecified atom stereocenters. The lowest BCUT2D eigenvalue weighted by Gasteiger charge is -2.24. The SMILES string of the molecule is CCOC(CCNC(=NC)NCc1cccc(CN2CCCC2=O)c1)C1CCCC1.I. The van der Waals surface area contributed by atoms with Gasteiger partial charge in [-0.3, -0.25) is 9.79 Å². The van der Waals surface area contributed by atoms with E-state index in [2.05, 4.69) is 46.8 Å². The van der Waals surface area contributed by atoms with Gasteiger partial charge in [0.1, 0.15) is 0 Å². The quantitative estimate of drug-likeness (QED) is 0.266. The molecule has 1 saturated carbocycles. The van der Waals surface area contributed by atoms with Crippen LogP contribution in [-0.2, 0) is 22.6 Å². The smallest absolute Gasteiger partial charge is 0.222 e. The van der Waals surface area contributed by atoms with Crippen LogP contribution < -0.4 is 10.6 Å². The average molecular weight is 543 g/mol. The first-order valence-electron chi connectivity index (χ1n) is 11.6. The molecule has 3 rings (SSSR count). The number of carbonyl (C=O) groups is 1. The Morgan fingerprint density at radius 3 is 2.68 bits per heavy atom. The van der Waals surface area contributed by atoms with Gasteiger partial charge in [0, 0.05) is 46.3 Å². The van der Waals surface area contributed by atoms with Crippen LogP contribution in [0.15, 0.2) is 29.3 Å². The highest BCUT2D eigenvalue weighted by Gasteiger charge is 2.25. The summed E-state index contributed by atoms with van der Waals surface area (Å²) >= 11 is 0. The van der Waals surface area contributed by atoms with Gasteiger partial charge < -0.3 is 20.3 Å². The van der Waals surface area contributed by atoms with Crippen molar-refractivity contribution in [2.24, 2.45) is 10.9 Å². The van der Waals surface area contributed by atoms with E-state index in [1.165, 1.54) is 36.8 Å². The Balaban J connectivity index is 0.00000341. The lowest BCUT2D eigenvalue weighted by Crippen LogP contribution is -2.39. The maximum atomic E-state index is 11.9. The number of carbonyl (C=O) groups excluding carboxylic acids is 1. The van der Waals surface area contributed by atoms with Crippen LogP contribution in [-0.4, -0.2) is 49.6 Å². The zero-order valence-corrected chi connectivity index (χ0v) is 21.4. The zero-order valence-electron chi connectivity index (χ0n) is 19.1. The van der Waals surface area contributed by atoms with Crippen LogP contribution in [0.4, 0.5) is 0 Å². The van der Waals surface area contributed by atoms with Crippen LogP contribution in [0.1, 0.15) is 63.0 Å². The number of aliphatic imine (C=N–C) groups is 1. The number of amides is 1. The molecular weight excluding hydrogens is 503 g/mol. The molecule has 1 aromatic carbocycles. The average Bonchev–Trinajstić information content (AvgIpc) is 3.42. The van der Waals surface area contributed by atoms with Crippen LogP contribution >= 0.6 is 24.0 Å². The maximum Gasteiger partial charge on any atom is 0.222 e. The van der Waals surface area contributed by atoms with Gasteiger partial charge in [-0.2, -0.15) is 0 Å². The Bertz CT molecular complexity index is 707. The van der Waals surface area contributed by atoms with E-state index in [4.69, 9.17) is 4.74 Å². The van der Waals surface area contributed by atoms with Gasteiger partial charge in [-0.15, -0.1) is 24.0 Å². The molecule has 0 radical (unpaired) electrons. The van der Waals surface area contributed by atoms with Gasteiger partial charge in [0.25, 0.3) is 0 Å². The lowest BCUT2D eigenvalue weighted by atomic mass is 9.98. The number of hydrogen-bond acceptors (Lipinski definition) is 3. The van der Waals surface area contributed by atoms with Crippen molar-refractivity contribution in [3.63, 3.8) is 0 Å². The number of ether oxygens (including phenoxy) is 1. The molecule has 6 nitrogen and oxygen atoms in total. The standard InChI is InChI=1S/C24H38N4O2.HI/c1-3-30-22(21-10-4-5-11-21)13-14-26-24(25-2)27-17-19-8-6-9-20(16-19)18-28-15-7-12-23(28)29;/h6,8-9,16,21-22H,3-5,7,10-15,17-18H2,1-2H3,(H2,25,26,27);1H. The normalized spacial score (nSPS) is 18.2. The van der Waals surface area contributed by atoms with Crippen molar-refractivity contribution in [3.8, 4) is 0 Å². The maximum absolute atomic E-state index is 11.9. The summed E-state index contributed by atoms with van der Waals surface area (Å²) in [6.45, 7) is 6.02. The summed E-state index contributed by atoms with van der Waals surface area (Å²) < 4.78 is 6.02. The predicted octanol–water partition coefficient (Wildman–Crippen LogP) is 4.08. The highest BCUT2D eigenvalue weighted by atomic mass is 127. The number of likely N-dealkylation sites (tertiary alicyclic amines) is 1. The van der Waals surface area contributed by atoms with Crippen molar-refractivity contribution < 1.29 is 9.53 Å². The van der Waals surface area contributed by atoms with Crippen molar-refractivity contribution in [3.05, 3.63) is 35.4 Å². The molecule has 1 saturated heterocycles. The van der Waals surface area contributed by atoms with E-state index < -0.39 is 0 Å². The first-order chi connectivity index (χ1) is 14.7. The second-order valence-corrected chi connectivity index (χ2v) is 8.42. The number of nitrogens with zero attached hydrogens (tertiary/aromatic N) is 2. The Hall–Kier alpha value is -1.35. The summed E-state index contributed by atoms with van der Waals surface area (Å²) in [6, 6.07) is 8.45. The Morgan fingerprint density at radius 2 is 2.00 bits per heavy atom. The molecule has 1 atom stereocenters. The number of benzene rings is 1. The zero-order chi connectivity index (χ0) is 21.2. The number of halogens is 1. The third-order valence-electron chi connectivity index (χ3n) is 6.25. The number of nitrogens with one attached hydrogen (secondary N) is 2. The first-order valence-corrected chi connectivity index (χ1v) is 11.6. The minimum absolute atomic E-state index is 0. The van der Waals surface area contributed by atoms with Crippen LogP contribution in [0.5, 0.6) is 0 Å². The minimum Gasteiger partial charge on any atom is -0.378 e. The van der Waals surface area contributed by atoms with Crippen molar-refractivity contribution in [1.82, 2.24) is 15.5 Å². The van der Waals surface area contributed by atoms with E-state index in [0.717, 1.165) is 38.5 Å². The molecule has 1 aromatic rings. The second-order valence-electron chi connectivity index (χ2n) is 8.42. The van der Waals surface area contributed by atoms with Gasteiger partial charge in [0.2, 0.25) is 5.91 Å². The summed E-state index contributed by atoms with van der Waals surface area (Å²) in [5, 5.41) is 6.85. The molecule has 7 heteroatoms. The van der Waals surface area contributed by atoms with Crippen molar-refractivity contribution in [2.75, 3.05) is 26.7 Å². The molecule has 0 aromatic heterocycles. The van der Waals surface area contributed by atoms with E-state index in [0.29, 0.717) is 31.5 Å². The first kappa shape index (κ1) is 25.9. The fourth-order valence-electron chi connectivity index (χ4n) is 4.67. The number of hydrogen-bond donors (Lipinski definition) is 2. The van der Waals surface area contributed by atoms with E-state index in [-0.39, 0.29) is 29.9 Å². The number of rotatable bonds is 10. The summed E-state index contributed by atoms with van der Waals surface area (Å²) in [4.78, 5) is 18.2. The molecule has 1 aliphatic carbocycles. The van der Waals surface area contributed by atoms with Crippen molar-refractivity contribution in [2.45, 2.75) is 71.1 Å². The highest BCUT2D eigenvalue weighted by Crippen LogP contribution is 2.30. The summed E-state index contributed by atoms with van der Waals surface area (Å²) in [7, 11) is 1.81. The molecule has 1 aliphatic heterocycles. The topological polar surface area (TPSA) is 66.0 Å². The van der Waals surface area contributed by atoms with E-state index in [1.54, 1.807) is 0 Å².